The molecule has 0 saturated heterocycles. The lowest BCUT2D eigenvalue weighted by Gasteiger charge is -2.09. The Kier molecular flexibility index (Phi) is 4.99. The van der Waals surface area contributed by atoms with E-state index in [9.17, 15) is 4.39 Å². The summed E-state index contributed by atoms with van der Waals surface area (Å²) < 4.78 is 18.9. The van der Waals surface area contributed by atoms with Crippen LogP contribution >= 0.6 is 11.6 Å². The summed E-state index contributed by atoms with van der Waals surface area (Å²) in [4.78, 5) is 0. The highest BCUT2D eigenvalue weighted by Crippen LogP contribution is 2.30. The SMILES string of the molecule is CCNCc1cc(-c2ccc(OC)c(Cl)c2)ccc1F. The van der Waals surface area contributed by atoms with E-state index in [1.54, 1.807) is 13.2 Å². The van der Waals surface area contributed by atoms with E-state index in [1.807, 2.05) is 31.2 Å². The van der Waals surface area contributed by atoms with Crippen molar-refractivity contribution in [3.8, 4) is 16.9 Å². The average molecular weight is 294 g/mol. The highest BCUT2D eigenvalue weighted by molar-refractivity contribution is 6.32. The summed E-state index contributed by atoms with van der Waals surface area (Å²) in [5, 5.41) is 3.67. The lowest BCUT2D eigenvalue weighted by Crippen LogP contribution is -2.12. The van der Waals surface area contributed by atoms with E-state index in [4.69, 9.17) is 16.3 Å². The molecule has 0 fully saturated rings. The van der Waals surface area contributed by atoms with Crippen molar-refractivity contribution in [1.82, 2.24) is 5.32 Å². The average Bonchev–Trinajstić information content (AvgIpc) is 2.46. The predicted molar refractivity (Wildman–Crippen MR) is 80.8 cm³/mol. The second kappa shape index (κ2) is 6.73. The van der Waals surface area contributed by atoms with Gasteiger partial charge in [0.25, 0.3) is 0 Å². The van der Waals surface area contributed by atoms with Crippen LogP contribution in [0.4, 0.5) is 4.39 Å². The highest BCUT2D eigenvalue weighted by atomic mass is 35.5. The molecule has 2 rings (SSSR count). The number of benzene rings is 2. The second-order valence-electron chi connectivity index (χ2n) is 4.44. The Morgan fingerprint density at radius 1 is 1.15 bits per heavy atom. The molecule has 2 aromatic carbocycles. The molecule has 0 radical (unpaired) electrons. The molecule has 0 aliphatic carbocycles. The van der Waals surface area contributed by atoms with Crippen molar-refractivity contribution >= 4 is 11.6 Å². The largest absolute Gasteiger partial charge is 0.495 e. The molecule has 0 atom stereocenters. The summed E-state index contributed by atoms with van der Waals surface area (Å²) in [5.41, 5.74) is 2.52. The van der Waals surface area contributed by atoms with E-state index >= 15 is 0 Å². The fraction of sp³-hybridized carbons (Fsp3) is 0.250. The third-order valence-electron chi connectivity index (χ3n) is 3.10. The Balaban J connectivity index is 2.35. The van der Waals surface area contributed by atoms with Gasteiger partial charge < -0.3 is 10.1 Å². The van der Waals surface area contributed by atoms with E-state index in [0.717, 1.165) is 17.7 Å². The summed E-state index contributed by atoms with van der Waals surface area (Å²) in [6, 6.07) is 10.6. The smallest absolute Gasteiger partial charge is 0.137 e. The van der Waals surface area contributed by atoms with Crippen LogP contribution in [0.5, 0.6) is 5.75 Å². The first-order valence-corrected chi connectivity index (χ1v) is 6.86. The van der Waals surface area contributed by atoms with Gasteiger partial charge in [0, 0.05) is 12.1 Å². The fourth-order valence-corrected chi connectivity index (χ4v) is 2.25. The molecule has 106 valence electrons. The first-order valence-electron chi connectivity index (χ1n) is 6.48. The van der Waals surface area contributed by atoms with Crippen LogP contribution in [-0.4, -0.2) is 13.7 Å². The molecule has 4 heteroatoms. The monoisotopic (exact) mass is 293 g/mol. The van der Waals surface area contributed by atoms with Crippen molar-refractivity contribution in [3.05, 3.63) is 52.8 Å². The molecule has 0 aliphatic rings. The van der Waals surface area contributed by atoms with E-state index in [1.165, 1.54) is 6.07 Å². The molecular weight excluding hydrogens is 277 g/mol. The van der Waals surface area contributed by atoms with Gasteiger partial charge >= 0.3 is 0 Å². The first-order chi connectivity index (χ1) is 9.65. The van der Waals surface area contributed by atoms with Crippen molar-refractivity contribution in [2.24, 2.45) is 0 Å². The Morgan fingerprint density at radius 3 is 2.50 bits per heavy atom. The minimum atomic E-state index is -0.200. The molecule has 0 aliphatic heterocycles. The third-order valence-corrected chi connectivity index (χ3v) is 3.39. The summed E-state index contributed by atoms with van der Waals surface area (Å²) in [6.45, 7) is 3.31. The molecule has 0 heterocycles. The van der Waals surface area contributed by atoms with Gasteiger partial charge in [0.1, 0.15) is 11.6 Å². The van der Waals surface area contributed by atoms with Crippen molar-refractivity contribution < 1.29 is 9.13 Å². The number of halogens is 2. The quantitative estimate of drug-likeness (QED) is 0.889. The van der Waals surface area contributed by atoms with Gasteiger partial charge in [-0.2, -0.15) is 0 Å². The molecule has 20 heavy (non-hydrogen) atoms. The zero-order valence-corrected chi connectivity index (χ0v) is 12.3. The third kappa shape index (κ3) is 3.30. The zero-order valence-electron chi connectivity index (χ0n) is 11.5. The molecule has 2 aromatic rings. The summed E-state index contributed by atoms with van der Waals surface area (Å²) in [5.74, 6) is 0.430. The molecule has 0 unspecified atom stereocenters. The zero-order chi connectivity index (χ0) is 14.5. The Hall–Kier alpha value is -1.58. The number of rotatable bonds is 5. The fourth-order valence-electron chi connectivity index (χ4n) is 2.00. The topological polar surface area (TPSA) is 21.3 Å². The van der Waals surface area contributed by atoms with Gasteiger partial charge in [-0.3, -0.25) is 0 Å². The second-order valence-corrected chi connectivity index (χ2v) is 4.84. The van der Waals surface area contributed by atoms with Crippen LogP contribution in [-0.2, 0) is 6.54 Å². The van der Waals surface area contributed by atoms with E-state index in [2.05, 4.69) is 5.32 Å². The van der Waals surface area contributed by atoms with Crippen molar-refractivity contribution in [3.63, 3.8) is 0 Å². The number of ether oxygens (including phenoxy) is 1. The summed E-state index contributed by atoms with van der Waals surface area (Å²) >= 11 is 6.12. The van der Waals surface area contributed by atoms with Gasteiger partial charge in [0.15, 0.2) is 0 Å². The Morgan fingerprint density at radius 2 is 1.85 bits per heavy atom. The van der Waals surface area contributed by atoms with Crippen molar-refractivity contribution in [2.75, 3.05) is 13.7 Å². The number of hydrogen-bond acceptors (Lipinski definition) is 2. The van der Waals surface area contributed by atoms with Gasteiger partial charge in [0.05, 0.1) is 12.1 Å². The molecule has 0 spiro atoms. The number of methoxy groups -OCH3 is 1. The van der Waals surface area contributed by atoms with Crippen molar-refractivity contribution in [1.29, 1.82) is 0 Å². The van der Waals surface area contributed by atoms with Crippen LogP contribution in [0.25, 0.3) is 11.1 Å². The highest BCUT2D eigenvalue weighted by Gasteiger charge is 2.07. The van der Waals surface area contributed by atoms with E-state index < -0.39 is 0 Å². The minimum Gasteiger partial charge on any atom is -0.495 e. The minimum absolute atomic E-state index is 0.200. The molecule has 2 nitrogen and oxygen atoms in total. The maximum absolute atomic E-state index is 13.7. The van der Waals surface area contributed by atoms with Gasteiger partial charge in [-0.05, 0) is 41.9 Å². The standard InChI is InChI=1S/C16H17ClFNO/c1-3-19-10-13-8-11(4-6-15(13)18)12-5-7-16(20-2)14(17)9-12/h4-9,19H,3,10H2,1-2H3. The molecule has 1 N–H and O–H groups in total. The molecule has 0 saturated carbocycles. The van der Waals surface area contributed by atoms with Crippen LogP contribution in [0.1, 0.15) is 12.5 Å². The first kappa shape index (κ1) is 14.8. The maximum Gasteiger partial charge on any atom is 0.137 e. The molecule has 0 amide bonds. The van der Waals surface area contributed by atoms with Gasteiger partial charge in [-0.15, -0.1) is 0 Å². The lowest BCUT2D eigenvalue weighted by atomic mass is 10.0. The van der Waals surface area contributed by atoms with Crippen LogP contribution in [0.2, 0.25) is 5.02 Å². The summed E-state index contributed by atoms with van der Waals surface area (Å²) in [6.07, 6.45) is 0. The van der Waals surface area contributed by atoms with Crippen LogP contribution in [0, 0.1) is 5.82 Å². The predicted octanol–water partition coefficient (Wildman–Crippen LogP) is 4.26. The lowest BCUT2D eigenvalue weighted by molar-refractivity contribution is 0.415. The number of nitrogens with one attached hydrogen (secondary N) is 1. The maximum atomic E-state index is 13.7. The van der Waals surface area contributed by atoms with Crippen LogP contribution in [0.3, 0.4) is 0 Å². The Labute approximate surface area is 123 Å². The van der Waals surface area contributed by atoms with Crippen LogP contribution < -0.4 is 10.1 Å². The van der Waals surface area contributed by atoms with Crippen LogP contribution in [0.15, 0.2) is 36.4 Å². The van der Waals surface area contributed by atoms with Gasteiger partial charge in [-0.25, -0.2) is 4.39 Å². The molecule has 0 bridgehead atoms. The van der Waals surface area contributed by atoms with Gasteiger partial charge in [0.2, 0.25) is 0 Å². The summed E-state index contributed by atoms with van der Waals surface area (Å²) in [7, 11) is 1.58. The normalized spacial score (nSPS) is 10.6. The van der Waals surface area contributed by atoms with E-state index in [-0.39, 0.29) is 5.82 Å². The van der Waals surface area contributed by atoms with Gasteiger partial charge in [-0.1, -0.05) is 30.7 Å². The number of hydrogen-bond donors (Lipinski definition) is 1. The molecular formula is C16H17ClFNO. The van der Waals surface area contributed by atoms with E-state index in [0.29, 0.717) is 22.9 Å². The Bertz CT molecular complexity index is 601. The molecule has 0 aromatic heterocycles. The van der Waals surface area contributed by atoms with Crippen molar-refractivity contribution in [2.45, 2.75) is 13.5 Å².